The maximum absolute atomic E-state index is 4.72. The first-order chi connectivity index (χ1) is 12.3. The summed E-state index contributed by atoms with van der Waals surface area (Å²) in [5.41, 5.74) is 0. The van der Waals surface area contributed by atoms with Crippen molar-refractivity contribution in [2.45, 2.75) is 58.8 Å². The van der Waals surface area contributed by atoms with E-state index in [0.29, 0.717) is 0 Å². The highest BCUT2D eigenvalue weighted by Crippen LogP contribution is 2.13. The monoisotopic (exact) mass is 365 g/mol. The van der Waals surface area contributed by atoms with E-state index in [-0.39, 0.29) is 0 Å². The predicted octanol–water partition coefficient (Wildman–Crippen LogP) is 3.07. The van der Waals surface area contributed by atoms with E-state index in [4.69, 9.17) is 4.99 Å². The normalized spacial score (nSPS) is 16.6. The van der Waals surface area contributed by atoms with Crippen molar-refractivity contribution in [3.63, 3.8) is 0 Å². The molecule has 2 rings (SSSR count). The standard InChI is InChI=1S/C19H35N5S/c1-3-17-16-23-18(25-17)10-12-22-19(20-4-2)21-11-9-15-24-13-7-5-6-8-14-24/h16H,3-15H2,1-2H3,(H2,20,21,22). The van der Waals surface area contributed by atoms with Gasteiger partial charge in [-0.1, -0.05) is 19.8 Å². The lowest BCUT2D eigenvalue weighted by atomic mass is 10.2. The van der Waals surface area contributed by atoms with Crippen LogP contribution in [0.25, 0.3) is 0 Å². The summed E-state index contributed by atoms with van der Waals surface area (Å²) in [5.74, 6) is 0.936. The molecule has 1 aliphatic rings. The predicted molar refractivity (Wildman–Crippen MR) is 109 cm³/mol. The van der Waals surface area contributed by atoms with Crippen molar-refractivity contribution in [3.8, 4) is 0 Å². The van der Waals surface area contributed by atoms with Crippen LogP contribution in [0.2, 0.25) is 0 Å². The van der Waals surface area contributed by atoms with E-state index in [9.17, 15) is 0 Å². The Labute approximate surface area is 157 Å². The molecule has 0 unspecified atom stereocenters. The van der Waals surface area contributed by atoms with Crippen LogP contribution in [-0.4, -0.2) is 55.1 Å². The molecule has 1 saturated heterocycles. The number of likely N-dealkylation sites (tertiary alicyclic amines) is 1. The fourth-order valence-corrected chi connectivity index (χ4v) is 3.96. The molecule has 1 aromatic heterocycles. The van der Waals surface area contributed by atoms with Gasteiger partial charge in [0.15, 0.2) is 5.96 Å². The Morgan fingerprint density at radius 1 is 1.20 bits per heavy atom. The van der Waals surface area contributed by atoms with Gasteiger partial charge in [-0.2, -0.15) is 0 Å². The van der Waals surface area contributed by atoms with Gasteiger partial charge in [0.2, 0.25) is 0 Å². The van der Waals surface area contributed by atoms with Crippen molar-refractivity contribution in [1.29, 1.82) is 0 Å². The quantitative estimate of drug-likeness (QED) is 0.401. The molecule has 1 aromatic rings. The first-order valence-corrected chi connectivity index (χ1v) is 10.8. The first-order valence-electron chi connectivity index (χ1n) is 10.00. The maximum Gasteiger partial charge on any atom is 0.191 e. The van der Waals surface area contributed by atoms with Gasteiger partial charge in [0.05, 0.1) is 5.01 Å². The summed E-state index contributed by atoms with van der Waals surface area (Å²) in [6, 6.07) is 0. The molecule has 0 saturated carbocycles. The number of hydrogen-bond donors (Lipinski definition) is 2. The number of aliphatic imine (C=N–C) groups is 1. The third kappa shape index (κ3) is 8.19. The average Bonchev–Trinajstić information content (AvgIpc) is 2.92. The average molecular weight is 366 g/mol. The van der Waals surface area contributed by atoms with Crippen molar-refractivity contribution >= 4 is 17.3 Å². The molecule has 1 fully saturated rings. The van der Waals surface area contributed by atoms with Gasteiger partial charge in [0.1, 0.15) is 0 Å². The van der Waals surface area contributed by atoms with Gasteiger partial charge in [0, 0.05) is 37.1 Å². The third-order valence-electron chi connectivity index (χ3n) is 4.53. The van der Waals surface area contributed by atoms with Gasteiger partial charge in [-0.25, -0.2) is 4.98 Å². The Morgan fingerprint density at radius 3 is 2.68 bits per heavy atom. The summed E-state index contributed by atoms with van der Waals surface area (Å²) < 4.78 is 0. The number of aromatic nitrogens is 1. The molecule has 2 N–H and O–H groups in total. The van der Waals surface area contributed by atoms with Gasteiger partial charge in [-0.3, -0.25) is 4.99 Å². The van der Waals surface area contributed by atoms with Gasteiger partial charge in [0.25, 0.3) is 0 Å². The van der Waals surface area contributed by atoms with Crippen LogP contribution >= 0.6 is 11.3 Å². The van der Waals surface area contributed by atoms with Crippen LogP contribution in [0.4, 0.5) is 0 Å². The molecule has 142 valence electrons. The molecule has 1 aliphatic heterocycles. The van der Waals surface area contributed by atoms with Crippen LogP contribution in [0.15, 0.2) is 11.2 Å². The lowest BCUT2D eigenvalue weighted by Crippen LogP contribution is -2.38. The van der Waals surface area contributed by atoms with Gasteiger partial charge in [-0.15, -0.1) is 11.3 Å². The van der Waals surface area contributed by atoms with E-state index in [1.54, 1.807) is 0 Å². The minimum absolute atomic E-state index is 0.884. The van der Waals surface area contributed by atoms with Crippen molar-refractivity contribution in [1.82, 2.24) is 20.5 Å². The summed E-state index contributed by atoms with van der Waals surface area (Å²) in [6.45, 7) is 10.7. The number of nitrogens with zero attached hydrogens (tertiary/aromatic N) is 3. The molecular formula is C19H35N5S. The summed E-state index contributed by atoms with van der Waals surface area (Å²) in [7, 11) is 0. The number of rotatable bonds is 9. The minimum Gasteiger partial charge on any atom is -0.357 e. The SMILES string of the molecule is CCNC(=NCCCN1CCCCCC1)NCCc1ncc(CC)s1. The topological polar surface area (TPSA) is 52.6 Å². The van der Waals surface area contributed by atoms with Crippen LogP contribution in [-0.2, 0) is 12.8 Å². The fraction of sp³-hybridized carbons (Fsp3) is 0.789. The first kappa shape index (κ1) is 20.2. The zero-order chi connectivity index (χ0) is 17.7. The molecule has 0 bridgehead atoms. The fourth-order valence-electron chi connectivity index (χ4n) is 3.10. The van der Waals surface area contributed by atoms with Crippen molar-refractivity contribution < 1.29 is 0 Å². The van der Waals surface area contributed by atoms with E-state index < -0.39 is 0 Å². The Balaban J connectivity index is 1.66. The van der Waals surface area contributed by atoms with E-state index >= 15 is 0 Å². The third-order valence-corrected chi connectivity index (χ3v) is 5.73. The van der Waals surface area contributed by atoms with E-state index in [1.165, 1.54) is 55.2 Å². The van der Waals surface area contributed by atoms with Gasteiger partial charge >= 0.3 is 0 Å². The van der Waals surface area contributed by atoms with Crippen LogP contribution in [0, 0.1) is 0 Å². The Bertz CT molecular complexity index is 492. The zero-order valence-corrected chi connectivity index (χ0v) is 16.8. The molecule has 0 aromatic carbocycles. The second-order valence-corrected chi connectivity index (χ2v) is 7.82. The summed E-state index contributed by atoms with van der Waals surface area (Å²) in [6.07, 6.45) is 10.7. The molecule has 6 heteroatoms. The molecule has 2 heterocycles. The molecule has 5 nitrogen and oxygen atoms in total. The Morgan fingerprint density at radius 2 is 2.00 bits per heavy atom. The minimum atomic E-state index is 0.884. The van der Waals surface area contributed by atoms with Crippen molar-refractivity contribution in [2.75, 3.05) is 39.3 Å². The van der Waals surface area contributed by atoms with Crippen molar-refractivity contribution in [3.05, 3.63) is 16.1 Å². The molecule has 0 aliphatic carbocycles. The highest BCUT2D eigenvalue weighted by Gasteiger charge is 2.08. The lowest BCUT2D eigenvalue weighted by molar-refractivity contribution is 0.283. The maximum atomic E-state index is 4.72. The van der Waals surface area contributed by atoms with Gasteiger partial charge < -0.3 is 15.5 Å². The molecule has 25 heavy (non-hydrogen) atoms. The number of hydrogen-bond acceptors (Lipinski definition) is 4. The van der Waals surface area contributed by atoms with Crippen molar-refractivity contribution in [2.24, 2.45) is 4.99 Å². The number of guanidine groups is 1. The smallest absolute Gasteiger partial charge is 0.191 e. The molecule has 0 amide bonds. The highest BCUT2D eigenvalue weighted by atomic mass is 32.1. The summed E-state index contributed by atoms with van der Waals surface area (Å²) in [5, 5.41) is 7.99. The van der Waals surface area contributed by atoms with E-state index in [0.717, 1.165) is 44.9 Å². The second-order valence-electron chi connectivity index (χ2n) is 6.62. The molecular weight excluding hydrogens is 330 g/mol. The van der Waals surface area contributed by atoms with E-state index in [2.05, 4.69) is 34.4 Å². The van der Waals surface area contributed by atoms with E-state index in [1.807, 2.05) is 17.5 Å². The van der Waals surface area contributed by atoms with Crippen LogP contribution in [0.5, 0.6) is 0 Å². The Kier molecular flexibility index (Phi) is 9.89. The molecule has 0 radical (unpaired) electrons. The number of aryl methyl sites for hydroxylation is 1. The molecule has 0 atom stereocenters. The van der Waals surface area contributed by atoms with Crippen LogP contribution < -0.4 is 10.6 Å². The highest BCUT2D eigenvalue weighted by molar-refractivity contribution is 7.11. The number of thiazole rings is 1. The summed E-state index contributed by atoms with van der Waals surface area (Å²) in [4.78, 5) is 13.2. The Hall–Kier alpha value is -1.14. The van der Waals surface area contributed by atoms with Crippen LogP contribution in [0.3, 0.4) is 0 Å². The zero-order valence-electron chi connectivity index (χ0n) is 16.0. The van der Waals surface area contributed by atoms with Crippen LogP contribution in [0.1, 0.15) is 55.8 Å². The van der Waals surface area contributed by atoms with Gasteiger partial charge in [-0.05, 0) is 52.2 Å². The lowest BCUT2D eigenvalue weighted by Gasteiger charge is -2.19. The number of nitrogens with one attached hydrogen (secondary N) is 2. The largest absolute Gasteiger partial charge is 0.357 e. The second kappa shape index (κ2) is 12.3. The summed E-state index contributed by atoms with van der Waals surface area (Å²) >= 11 is 1.82. The molecule has 0 spiro atoms.